The summed E-state index contributed by atoms with van der Waals surface area (Å²) in [7, 11) is 2.91. The van der Waals surface area contributed by atoms with Crippen molar-refractivity contribution >= 4 is 11.9 Å². The van der Waals surface area contributed by atoms with Gasteiger partial charge in [-0.15, -0.1) is 0 Å². The van der Waals surface area contributed by atoms with Crippen molar-refractivity contribution in [1.29, 1.82) is 0 Å². The third kappa shape index (κ3) is 4.84. The SMILES string of the molecule is COC(=O)CC(=O)N(Cc1ccc(OC)cc1)C1=CCCCC1. The normalized spacial score (nSPS) is 13.9. The molecule has 23 heavy (non-hydrogen) atoms. The summed E-state index contributed by atoms with van der Waals surface area (Å²) in [5.74, 6) is 0.0463. The largest absolute Gasteiger partial charge is 0.497 e. The van der Waals surface area contributed by atoms with Crippen molar-refractivity contribution in [3.8, 4) is 5.75 Å². The minimum Gasteiger partial charge on any atom is -0.497 e. The Labute approximate surface area is 136 Å². The molecule has 0 unspecified atom stereocenters. The van der Waals surface area contributed by atoms with Gasteiger partial charge in [0.05, 0.1) is 20.8 Å². The van der Waals surface area contributed by atoms with Crippen LogP contribution in [0.1, 0.15) is 37.7 Å². The molecule has 0 aromatic heterocycles. The van der Waals surface area contributed by atoms with Gasteiger partial charge in [-0.2, -0.15) is 0 Å². The molecule has 2 rings (SSSR count). The monoisotopic (exact) mass is 317 g/mol. The molecule has 0 spiro atoms. The summed E-state index contributed by atoms with van der Waals surface area (Å²) >= 11 is 0. The highest BCUT2D eigenvalue weighted by atomic mass is 16.5. The molecule has 0 fully saturated rings. The Morgan fingerprint density at radius 2 is 1.87 bits per heavy atom. The van der Waals surface area contributed by atoms with Gasteiger partial charge in [-0.25, -0.2) is 0 Å². The summed E-state index contributed by atoms with van der Waals surface area (Å²) in [4.78, 5) is 25.6. The van der Waals surface area contributed by atoms with Crippen LogP contribution >= 0.6 is 0 Å². The smallest absolute Gasteiger partial charge is 0.315 e. The van der Waals surface area contributed by atoms with Crippen LogP contribution in [0.15, 0.2) is 36.0 Å². The molecule has 1 amide bonds. The number of nitrogens with zero attached hydrogens (tertiary/aromatic N) is 1. The molecule has 1 aromatic carbocycles. The number of rotatable bonds is 6. The summed E-state index contributed by atoms with van der Waals surface area (Å²) in [5, 5.41) is 0. The molecule has 0 saturated heterocycles. The second kappa shape index (κ2) is 8.36. The maximum Gasteiger partial charge on any atom is 0.315 e. The van der Waals surface area contributed by atoms with Crippen LogP contribution < -0.4 is 4.74 Å². The van der Waals surface area contributed by atoms with Gasteiger partial charge in [0.25, 0.3) is 0 Å². The van der Waals surface area contributed by atoms with E-state index in [9.17, 15) is 9.59 Å². The van der Waals surface area contributed by atoms with E-state index in [1.165, 1.54) is 7.11 Å². The second-order valence-corrected chi connectivity index (χ2v) is 5.52. The van der Waals surface area contributed by atoms with Crippen molar-refractivity contribution in [3.05, 3.63) is 41.6 Å². The first kappa shape index (κ1) is 17.1. The number of allylic oxidation sites excluding steroid dienone is 2. The number of methoxy groups -OCH3 is 2. The lowest BCUT2D eigenvalue weighted by Gasteiger charge is -2.27. The zero-order chi connectivity index (χ0) is 16.7. The van der Waals surface area contributed by atoms with Crippen molar-refractivity contribution in [2.24, 2.45) is 0 Å². The number of esters is 1. The van der Waals surface area contributed by atoms with E-state index in [0.717, 1.165) is 42.7 Å². The predicted molar refractivity (Wildman–Crippen MR) is 86.7 cm³/mol. The highest BCUT2D eigenvalue weighted by molar-refractivity contribution is 5.95. The molecule has 0 heterocycles. The lowest BCUT2D eigenvalue weighted by atomic mass is 10.0. The van der Waals surface area contributed by atoms with E-state index in [4.69, 9.17) is 4.74 Å². The van der Waals surface area contributed by atoms with Gasteiger partial charge in [0.1, 0.15) is 12.2 Å². The van der Waals surface area contributed by atoms with Gasteiger partial charge < -0.3 is 14.4 Å². The highest BCUT2D eigenvalue weighted by Crippen LogP contribution is 2.24. The molecule has 5 nitrogen and oxygen atoms in total. The van der Waals surface area contributed by atoms with E-state index >= 15 is 0 Å². The molecule has 0 atom stereocenters. The topological polar surface area (TPSA) is 55.8 Å². The number of carbonyl (C=O) groups is 2. The Hall–Kier alpha value is -2.30. The Kier molecular flexibility index (Phi) is 6.20. The third-order valence-corrected chi connectivity index (χ3v) is 3.94. The van der Waals surface area contributed by atoms with Gasteiger partial charge in [-0.05, 0) is 43.4 Å². The van der Waals surface area contributed by atoms with E-state index < -0.39 is 5.97 Å². The fourth-order valence-corrected chi connectivity index (χ4v) is 2.62. The minimum atomic E-state index is -0.508. The van der Waals surface area contributed by atoms with E-state index in [2.05, 4.69) is 10.8 Å². The number of hydrogen-bond acceptors (Lipinski definition) is 4. The molecular formula is C18H23NO4. The molecule has 0 bridgehead atoms. The average Bonchev–Trinajstić information content (AvgIpc) is 2.60. The van der Waals surface area contributed by atoms with E-state index in [1.807, 2.05) is 24.3 Å². The Morgan fingerprint density at radius 1 is 1.13 bits per heavy atom. The fourth-order valence-electron chi connectivity index (χ4n) is 2.62. The zero-order valence-electron chi connectivity index (χ0n) is 13.7. The van der Waals surface area contributed by atoms with Crippen LogP contribution in [0.25, 0.3) is 0 Å². The number of amides is 1. The van der Waals surface area contributed by atoms with Gasteiger partial charge in [-0.3, -0.25) is 9.59 Å². The molecule has 1 aliphatic rings. The molecule has 0 N–H and O–H groups in total. The minimum absolute atomic E-state index is 0.221. The predicted octanol–water partition coefficient (Wildman–Crippen LogP) is 3.04. The van der Waals surface area contributed by atoms with Crippen LogP contribution in [-0.4, -0.2) is 31.0 Å². The molecule has 0 saturated carbocycles. The third-order valence-electron chi connectivity index (χ3n) is 3.94. The van der Waals surface area contributed by atoms with Crippen molar-refractivity contribution in [1.82, 2.24) is 4.90 Å². The van der Waals surface area contributed by atoms with Crippen LogP contribution in [0.3, 0.4) is 0 Å². The molecule has 5 heteroatoms. The van der Waals surface area contributed by atoms with Gasteiger partial charge in [0, 0.05) is 5.70 Å². The van der Waals surface area contributed by atoms with Crippen molar-refractivity contribution < 1.29 is 19.1 Å². The summed E-state index contributed by atoms with van der Waals surface area (Å²) < 4.78 is 9.77. The van der Waals surface area contributed by atoms with Crippen molar-refractivity contribution in [2.45, 2.75) is 38.6 Å². The first-order valence-electron chi connectivity index (χ1n) is 7.83. The molecule has 0 radical (unpaired) electrons. The van der Waals surface area contributed by atoms with E-state index in [0.29, 0.717) is 6.54 Å². The average molecular weight is 317 g/mol. The maximum atomic E-state index is 12.5. The maximum absolute atomic E-state index is 12.5. The molecule has 124 valence electrons. The Balaban J connectivity index is 2.16. The zero-order valence-corrected chi connectivity index (χ0v) is 13.7. The summed E-state index contributed by atoms with van der Waals surface area (Å²) in [6.07, 6.45) is 5.91. The Morgan fingerprint density at radius 3 is 2.43 bits per heavy atom. The Bertz CT molecular complexity index is 577. The summed E-state index contributed by atoms with van der Waals surface area (Å²) in [6, 6.07) is 7.60. The quantitative estimate of drug-likeness (QED) is 0.598. The lowest BCUT2D eigenvalue weighted by molar-refractivity contribution is -0.146. The lowest BCUT2D eigenvalue weighted by Crippen LogP contribution is -2.32. The van der Waals surface area contributed by atoms with E-state index in [-0.39, 0.29) is 12.3 Å². The summed E-state index contributed by atoms with van der Waals surface area (Å²) in [5.41, 5.74) is 2.00. The van der Waals surface area contributed by atoms with Gasteiger partial charge in [0.15, 0.2) is 0 Å². The van der Waals surface area contributed by atoms with E-state index in [1.54, 1.807) is 12.0 Å². The molecular weight excluding hydrogens is 294 g/mol. The number of ether oxygens (including phenoxy) is 2. The first-order chi connectivity index (χ1) is 11.1. The van der Waals surface area contributed by atoms with Crippen LogP contribution in [0.2, 0.25) is 0 Å². The number of carbonyl (C=O) groups excluding carboxylic acids is 2. The number of hydrogen-bond donors (Lipinski definition) is 0. The highest BCUT2D eigenvalue weighted by Gasteiger charge is 2.22. The molecule has 1 aromatic rings. The fraction of sp³-hybridized carbons (Fsp3) is 0.444. The van der Waals surface area contributed by atoms with Gasteiger partial charge in [0.2, 0.25) is 5.91 Å². The molecule has 0 aliphatic heterocycles. The van der Waals surface area contributed by atoms with Crippen molar-refractivity contribution in [3.63, 3.8) is 0 Å². The van der Waals surface area contributed by atoms with Crippen molar-refractivity contribution in [2.75, 3.05) is 14.2 Å². The molecule has 1 aliphatic carbocycles. The van der Waals surface area contributed by atoms with Crippen LogP contribution in [0, 0.1) is 0 Å². The summed E-state index contributed by atoms with van der Waals surface area (Å²) in [6.45, 7) is 0.450. The standard InChI is InChI=1S/C18H23NO4/c1-22-16-10-8-14(9-11-16)13-19(15-6-4-3-5-7-15)17(20)12-18(21)23-2/h6,8-11H,3-5,7,12-13H2,1-2H3. The first-order valence-corrected chi connectivity index (χ1v) is 7.83. The van der Waals surface area contributed by atoms with Gasteiger partial charge >= 0.3 is 5.97 Å². The van der Waals surface area contributed by atoms with Crippen LogP contribution in [-0.2, 0) is 20.9 Å². The van der Waals surface area contributed by atoms with Gasteiger partial charge in [-0.1, -0.05) is 18.2 Å². The van der Waals surface area contributed by atoms with Crippen LogP contribution in [0.4, 0.5) is 0 Å². The number of benzene rings is 1. The van der Waals surface area contributed by atoms with Crippen LogP contribution in [0.5, 0.6) is 5.75 Å². The second-order valence-electron chi connectivity index (χ2n) is 5.52.